The summed E-state index contributed by atoms with van der Waals surface area (Å²) in [5.41, 5.74) is -3.07. The van der Waals surface area contributed by atoms with E-state index in [0.29, 0.717) is 12.1 Å². The van der Waals surface area contributed by atoms with Crippen LogP contribution in [0.5, 0.6) is 0 Å². The molecule has 114 valence electrons. The van der Waals surface area contributed by atoms with E-state index in [9.17, 15) is 27.2 Å². The number of alkyl halides is 3. The van der Waals surface area contributed by atoms with Gasteiger partial charge in [0.2, 0.25) is 0 Å². The van der Waals surface area contributed by atoms with Gasteiger partial charge in [0.1, 0.15) is 5.82 Å². The van der Waals surface area contributed by atoms with Crippen LogP contribution in [-0.4, -0.2) is 16.9 Å². The summed E-state index contributed by atoms with van der Waals surface area (Å²) >= 11 is 0. The number of aromatic carboxylic acids is 1. The van der Waals surface area contributed by atoms with Crippen molar-refractivity contribution in [3.05, 3.63) is 70.5 Å². The highest BCUT2D eigenvalue weighted by molar-refractivity contribution is 6.14. The van der Waals surface area contributed by atoms with E-state index < -0.39 is 46.0 Å². The number of hydrogen-bond donors (Lipinski definition) is 1. The summed E-state index contributed by atoms with van der Waals surface area (Å²) in [7, 11) is 0. The Hall–Kier alpha value is -2.70. The molecule has 3 nitrogen and oxygen atoms in total. The van der Waals surface area contributed by atoms with Crippen LogP contribution in [0, 0.1) is 5.82 Å². The molecule has 0 saturated heterocycles. The summed E-state index contributed by atoms with van der Waals surface area (Å²) in [6.45, 7) is 0. The van der Waals surface area contributed by atoms with Gasteiger partial charge >= 0.3 is 12.1 Å². The van der Waals surface area contributed by atoms with Gasteiger partial charge in [0.05, 0.1) is 11.1 Å². The highest BCUT2D eigenvalue weighted by Crippen LogP contribution is 2.33. The zero-order valence-corrected chi connectivity index (χ0v) is 10.8. The number of carboxylic acids is 1. The van der Waals surface area contributed by atoms with Gasteiger partial charge in [-0.15, -0.1) is 0 Å². The van der Waals surface area contributed by atoms with Gasteiger partial charge in [0, 0.05) is 11.1 Å². The first-order chi connectivity index (χ1) is 10.2. The van der Waals surface area contributed by atoms with Crippen molar-refractivity contribution in [1.29, 1.82) is 0 Å². The Morgan fingerprint density at radius 2 is 1.50 bits per heavy atom. The lowest BCUT2D eigenvalue weighted by Crippen LogP contribution is -2.16. The van der Waals surface area contributed by atoms with Crippen LogP contribution in [0.2, 0.25) is 0 Å². The predicted octanol–water partition coefficient (Wildman–Crippen LogP) is 3.77. The molecule has 0 aliphatic heterocycles. The molecule has 1 N–H and O–H groups in total. The lowest BCUT2D eigenvalue weighted by atomic mass is 9.94. The van der Waals surface area contributed by atoms with Crippen molar-refractivity contribution >= 4 is 11.8 Å². The first kappa shape index (κ1) is 15.7. The zero-order chi connectivity index (χ0) is 16.5. The lowest BCUT2D eigenvalue weighted by molar-refractivity contribution is -0.138. The van der Waals surface area contributed by atoms with Crippen LogP contribution in [-0.2, 0) is 6.18 Å². The van der Waals surface area contributed by atoms with Crippen molar-refractivity contribution in [1.82, 2.24) is 0 Å². The Kier molecular flexibility index (Phi) is 3.99. The maximum Gasteiger partial charge on any atom is 0.417 e. The minimum absolute atomic E-state index is 0.205. The Bertz CT molecular complexity index is 751. The molecule has 0 spiro atoms. The minimum Gasteiger partial charge on any atom is -0.478 e. The van der Waals surface area contributed by atoms with Crippen LogP contribution in [0.25, 0.3) is 0 Å². The molecule has 0 unspecified atom stereocenters. The Morgan fingerprint density at radius 1 is 0.909 bits per heavy atom. The van der Waals surface area contributed by atoms with E-state index in [-0.39, 0.29) is 6.07 Å². The van der Waals surface area contributed by atoms with E-state index in [4.69, 9.17) is 5.11 Å². The average Bonchev–Trinajstić information content (AvgIpc) is 2.45. The largest absolute Gasteiger partial charge is 0.478 e. The van der Waals surface area contributed by atoms with E-state index in [2.05, 4.69) is 0 Å². The van der Waals surface area contributed by atoms with Gasteiger partial charge in [-0.25, -0.2) is 9.18 Å². The quantitative estimate of drug-likeness (QED) is 0.693. The van der Waals surface area contributed by atoms with Gasteiger partial charge in [-0.05, 0) is 24.3 Å². The summed E-state index contributed by atoms with van der Waals surface area (Å²) in [6, 6.07) is 6.50. The summed E-state index contributed by atoms with van der Waals surface area (Å²) in [4.78, 5) is 23.3. The molecule has 0 aliphatic carbocycles. The van der Waals surface area contributed by atoms with Gasteiger partial charge < -0.3 is 5.11 Å². The number of ketones is 1. The SMILES string of the molecule is O=C(O)c1ccccc1C(=O)c1ccc(F)cc1C(F)(F)F. The molecular formula is C15H8F4O3. The molecule has 0 atom stereocenters. The van der Waals surface area contributed by atoms with Crippen molar-refractivity contribution < 1.29 is 32.3 Å². The normalized spacial score (nSPS) is 11.3. The second kappa shape index (κ2) is 5.59. The van der Waals surface area contributed by atoms with E-state index in [1.807, 2.05) is 0 Å². The fourth-order valence-electron chi connectivity index (χ4n) is 1.96. The molecule has 0 aliphatic rings. The number of carboxylic acid groups (broad SMARTS) is 1. The fourth-order valence-corrected chi connectivity index (χ4v) is 1.96. The third-order valence-electron chi connectivity index (χ3n) is 2.93. The Morgan fingerprint density at radius 3 is 2.05 bits per heavy atom. The molecule has 0 fully saturated rings. The molecule has 2 aromatic carbocycles. The number of hydrogen-bond acceptors (Lipinski definition) is 2. The first-order valence-electron chi connectivity index (χ1n) is 5.95. The van der Waals surface area contributed by atoms with Crippen molar-refractivity contribution in [3.8, 4) is 0 Å². The molecule has 0 heterocycles. The maximum absolute atomic E-state index is 13.0. The smallest absolute Gasteiger partial charge is 0.417 e. The first-order valence-corrected chi connectivity index (χ1v) is 5.95. The maximum atomic E-state index is 13.0. The van der Waals surface area contributed by atoms with Crippen molar-refractivity contribution in [2.24, 2.45) is 0 Å². The Balaban J connectivity index is 2.63. The average molecular weight is 312 g/mol. The number of carbonyl (C=O) groups excluding carboxylic acids is 1. The molecule has 0 aromatic heterocycles. The van der Waals surface area contributed by atoms with E-state index in [1.54, 1.807) is 0 Å². The van der Waals surface area contributed by atoms with Gasteiger partial charge in [-0.1, -0.05) is 18.2 Å². The molecule has 2 rings (SSSR count). The third kappa shape index (κ3) is 2.98. The van der Waals surface area contributed by atoms with Gasteiger partial charge in [0.15, 0.2) is 5.78 Å². The van der Waals surface area contributed by atoms with Crippen molar-refractivity contribution in [2.75, 3.05) is 0 Å². The number of rotatable bonds is 3. The van der Waals surface area contributed by atoms with Crippen LogP contribution in [0.3, 0.4) is 0 Å². The topological polar surface area (TPSA) is 54.4 Å². The van der Waals surface area contributed by atoms with Crippen LogP contribution in [0.1, 0.15) is 31.8 Å². The summed E-state index contributed by atoms with van der Waals surface area (Å²) in [5.74, 6) is -3.72. The summed E-state index contributed by atoms with van der Waals surface area (Å²) in [6.07, 6.45) is -4.94. The molecule has 0 amide bonds. The van der Waals surface area contributed by atoms with E-state index in [0.717, 1.165) is 12.1 Å². The van der Waals surface area contributed by atoms with Crippen molar-refractivity contribution in [2.45, 2.75) is 6.18 Å². The highest BCUT2D eigenvalue weighted by atomic mass is 19.4. The van der Waals surface area contributed by atoms with E-state index >= 15 is 0 Å². The second-order valence-corrected chi connectivity index (χ2v) is 4.37. The number of halogens is 4. The lowest BCUT2D eigenvalue weighted by Gasteiger charge is -2.13. The number of carbonyl (C=O) groups is 2. The monoisotopic (exact) mass is 312 g/mol. The standard InChI is InChI=1S/C15H8F4O3/c16-8-5-6-11(12(7-8)15(17,18)19)13(20)9-3-1-2-4-10(9)14(21)22/h1-7H,(H,21,22). The van der Waals surface area contributed by atoms with Gasteiger partial charge in [-0.2, -0.15) is 13.2 Å². The third-order valence-corrected chi connectivity index (χ3v) is 2.93. The molecule has 0 saturated carbocycles. The van der Waals surface area contributed by atoms with E-state index in [1.165, 1.54) is 12.1 Å². The van der Waals surface area contributed by atoms with Crippen LogP contribution in [0.4, 0.5) is 17.6 Å². The molecule has 22 heavy (non-hydrogen) atoms. The van der Waals surface area contributed by atoms with Gasteiger partial charge in [-0.3, -0.25) is 4.79 Å². The molecule has 0 bridgehead atoms. The van der Waals surface area contributed by atoms with Gasteiger partial charge in [0.25, 0.3) is 0 Å². The molecule has 2 aromatic rings. The minimum atomic E-state index is -4.94. The molecular weight excluding hydrogens is 304 g/mol. The number of benzene rings is 2. The summed E-state index contributed by atoms with van der Waals surface area (Å²) in [5, 5.41) is 9.00. The fraction of sp³-hybridized carbons (Fsp3) is 0.0667. The molecule has 7 heteroatoms. The van der Waals surface area contributed by atoms with Crippen LogP contribution < -0.4 is 0 Å². The predicted molar refractivity (Wildman–Crippen MR) is 68.2 cm³/mol. The summed E-state index contributed by atoms with van der Waals surface area (Å²) < 4.78 is 51.8. The van der Waals surface area contributed by atoms with Crippen LogP contribution >= 0.6 is 0 Å². The second-order valence-electron chi connectivity index (χ2n) is 4.37. The highest BCUT2D eigenvalue weighted by Gasteiger charge is 2.36. The zero-order valence-electron chi connectivity index (χ0n) is 10.8. The van der Waals surface area contributed by atoms with Crippen molar-refractivity contribution in [3.63, 3.8) is 0 Å². The Labute approximate surface area is 121 Å². The molecule has 0 radical (unpaired) electrons. The van der Waals surface area contributed by atoms with Crippen LogP contribution in [0.15, 0.2) is 42.5 Å².